The van der Waals surface area contributed by atoms with Crippen LogP contribution in [0.5, 0.6) is 5.75 Å². The Kier molecular flexibility index (Phi) is 4.55. The Morgan fingerprint density at radius 3 is 2.89 bits per heavy atom. The lowest BCUT2D eigenvalue weighted by Gasteiger charge is -2.13. The van der Waals surface area contributed by atoms with E-state index in [2.05, 4.69) is 39.9 Å². The summed E-state index contributed by atoms with van der Waals surface area (Å²) in [6, 6.07) is 6.08. The molecule has 0 fully saturated rings. The normalized spacial score (nSPS) is 11.0. The smallest absolute Gasteiger partial charge is 0.165 e. The maximum atomic E-state index is 5.84. The number of hydrogen-bond acceptors (Lipinski definition) is 4. The van der Waals surface area contributed by atoms with E-state index in [1.807, 2.05) is 22.9 Å². The van der Waals surface area contributed by atoms with Gasteiger partial charge in [-0.05, 0) is 35.8 Å². The second-order valence-electron chi connectivity index (χ2n) is 4.44. The number of para-hydroxylation sites is 1. The van der Waals surface area contributed by atoms with Crippen molar-refractivity contribution in [2.75, 3.05) is 0 Å². The van der Waals surface area contributed by atoms with Crippen molar-refractivity contribution in [1.82, 2.24) is 14.8 Å². The summed E-state index contributed by atoms with van der Waals surface area (Å²) in [6.07, 6.45) is 1.54. The monoisotopic (exact) mass is 324 g/mol. The summed E-state index contributed by atoms with van der Waals surface area (Å²) in [5, 5.41) is 4.18. The van der Waals surface area contributed by atoms with Crippen molar-refractivity contribution in [3.8, 4) is 5.75 Å². The fourth-order valence-electron chi connectivity index (χ4n) is 1.82. The quantitative estimate of drug-likeness (QED) is 0.918. The molecule has 5 nitrogen and oxygen atoms in total. The van der Waals surface area contributed by atoms with Gasteiger partial charge in [0.1, 0.15) is 18.7 Å². The van der Waals surface area contributed by atoms with Gasteiger partial charge in [0.15, 0.2) is 5.82 Å². The third kappa shape index (κ3) is 3.13. The molecule has 0 aliphatic rings. The Morgan fingerprint density at radius 1 is 1.42 bits per heavy atom. The molecule has 0 radical (unpaired) electrons. The first kappa shape index (κ1) is 14.0. The third-order valence-corrected chi connectivity index (χ3v) is 3.37. The average molecular weight is 325 g/mol. The molecule has 0 bridgehead atoms. The zero-order valence-corrected chi connectivity index (χ0v) is 12.6. The molecule has 1 heterocycles. The van der Waals surface area contributed by atoms with Crippen LogP contribution in [0.2, 0.25) is 0 Å². The van der Waals surface area contributed by atoms with E-state index in [4.69, 9.17) is 10.5 Å². The van der Waals surface area contributed by atoms with Crippen LogP contribution >= 0.6 is 15.9 Å². The minimum Gasteiger partial charge on any atom is -0.484 e. The van der Waals surface area contributed by atoms with E-state index >= 15 is 0 Å². The van der Waals surface area contributed by atoms with Gasteiger partial charge in [0, 0.05) is 18.2 Å². The number of ether oxygens (including phenoxy) is 1. The lowest BCUT2D eigenvalue weighted by molar-refractivity contribution is 0.278. The van der Waals surface area contributed by atoms with Gasteiger partial charge in [0.2, 0.25) is 0 Å². The van der Waals surface area contributed by atoms with Gasteiger partial charge in [0.05, 0.1) is 4.47 Å². The minimum atomic E-state index is 0.259. The minimum absolute atomic E-state index is 0.259. The zero-order valence-electron chi connectivity index (χ0n) is 11.0. The Labute approximate surface area is 120 Å². The van der Waals surface area contributed by atoms with Gasteiger partial charge < -0.3 is 10.5 Å². The van der Waals surface area contributed by atoms with Gasteiger partial charge in [-0.15, -0.1) is 0 Å². The van der Waals surface area contributed by atoms with Gasteiger partial charge in [-0.2, -0.15) is 5.10 Å². The van der Waals surface area contributed by atoms with Crippen LogP contribution in [0.1, 0.15) is 31.3 Å². The van der Waals surface area contributed by atoms with E-state index in [1.54, 1.807) is 6.33 Å². The lowest BCUT2D eigenvalue weighted by atomic mass is 10.2. The number of aromatic nitrogens is 3. The second-order valence-corrected chi connectivity index (χ2v) is 5.29. The predicted molar refractivity (Wildman–Crippen MR) is 76.8 cm³/mol. The fraction of sp³-hybridized carbons (Fsp3) is 0.385. The van der Waals surface area contributed by atoms with Crippen LogP contribution in [0.4, 0.5) is 0 Å². The summed E-state index contributed by atoms with van der Waals surface area (Å²) >= 11 is 3.48. The molecule has 0 aliphatic heterocycles. The standard InChI is InChI=1S/C13H17BrN4O/c1-9(2)18-12(16-8-17-18)7-19-13-10(6-15)4-3-5-11(13)14/h3-5,8-9H,6-7,15H2,1-2H3. The van der Waals surface area contributed by atoms with E-state index < -0.39 is 0 Å². The topological polar surface area (TPSA) is 66.0 Å². The Bertz CT molecular complexity index is 553. The Balaban J connectivity index is 2.17. The van der Waals surface area contributed by atoms with Gasteiger partial charge in [-0.1, -0.05) is 12.1 Å². The van der Waals surface area contributed by atoms with Crippen molar-refractivity contribution in [3.05, 3.63) is 40.4 Å². The molecule has 2 aromatic rings. The maximum Gasteiger partial charge on any atom is 0.165 e. The van der Waals surface area contributed by atoms with Crippen LogP contribution < -0.4 is 10.5 Å². The van der Waals surface area contributed by atoms with Crippen LogP contribution in [0.25, 0.3) is 0 Å². The van der Waals surface area contributed by atoms with Gasteiger partial charge in [-0.25, -0.2) is 9.67 Å². The average Bonchev–Trinajstić information content (AvgIpc) is 2.85. The van der Waals surface area contributed by atoms with Crippen molar-refractivity contribution in [3.63, 3.8) is 0 Å². The van der Waals surface area contributed by atoms with Crippen LogP contribution in [0, 0.1) is 0 Å². The summed E-state index contributed by atoms with van der Waals surface area (Å²) in [6.45, 7) is 4.92. The number of nitrogens with zero attached hydrogens (tertiary/aromatic N) is 3. The predicted octanol–water partition coefficient (Wildman–Crippen LogP) is 2.66. The van der Waals surface area contributed by atoms with E-state index in [0.717, 1.165) is 21.6 Å². The molecule has 0 spiro atoms. The maximum absolute atomic E-state index is 5.84. The first-order valence-electron chi connectivity index (χ1n) is 6.12. The van der Waals surface area contributed by atoms with E-state index in [-0.39, 0.29) is 6.04 Å². The van der Waals surface area contributed by atoms with Crippen molar-refractivity contribution < 1.29 is 4.74 Å². The largest absolute Gasteiger partial charge is 0.484 e. The Hall–Kier alpha value is -1.40. The summed E-state index contributed by atoms with van der Waals surface area (Å²) in [5.41, 5.74) is 6.68. The number of benzene rings is 1. The highest BCUT2D eigenvalue weighted by Crippen LogP contribution is 2.29. The molecule has 0 amide bonds. The highest BCUT2D eigenvalue weighted by Gasteiger charge is 2.11. The molecule has 1 aromatic carbocycles. The highest BCUT2D eigenvalue weighted by molar-refractivity contribution is 9.10. The Morgan fingerprint density at radius 2 is 2.21 bits per heavy atom. The number of hydrogen-bond donors (Lipinski definition) is 1. The second kappa shape index (κ2) is 6.16. The van der Waals surface area contributed by atoms with Crippen molar-refractivity contribution in [2.24, 2.45) is 5.73 Å². The summed E-state index contributed by atoms with van der Waals surface area (Å²) in [4.78, 5) is 4.22. The molecule has 0 saturated heterocycles. The van der Waals surface area contributed by atoms with Crippen molar-refractivity contribution >= 4 is 15.9 Å². The van der Waals surface area contributed by atoms with Crippen LogP contribution in [0.3, 0.4) is 0 Å². The molecule has 1 aromatic heterocycles. The first-order chi connectivity index (χ1) is 9.13. The summed E-state index contributed by atoms with van der Waals surface area (Å²) < 4.78 is 8.58. The molecule has 0 saturated carbocycles. The van der Waals surface area contributed by atoms with E-state index in [0.29, 0.717) is 13.2 Å². The summed E-state index contributed by atoms with van der Waals surface area (Å²) in [7, 11) is 0. The summed E-state index contributed by atoms with van der Waals surface area (Å²) in [5.74, 6) is 1.57. The van der Waals surface area contributed by atoms with Crippen molar-refractivity contribution in [2.45, 2.75) is 33.0 Å². The van der Waals surface area contributed by atoms with Gasteiger partial charge in [0.25, 0.3) is 0 Å². The fourth-order valence-corrected chi connectivity index (χ4v) is 2.34. The van der Waals surface area contributed by atoms with E-state index in [1.165, 1.54) is 0 Å². The highest BCUT2D eigenvalue weighted by atomic mass is 79.9. The van der Waals surface area contributed by atoms with Crippen LogP contribution in [-0.4, -0.2) is 14.8 Å². The molecule has 102 valence electrons. The molecule has 0 unspecified atom stereocenters. The zero-order chi connectivity index (χ0) is 13.8. The number of nitrogens with two attached hydrogens (primary N) is 1. The number of rotatable bonds is 5. The van der Waals surface area contributed by atoms with E-state index in [9.17, 15) is 0 Å². The molecule has 19 heavy (non-hydrogen) atoms. The third-order valence-electron chi connectivity index (χ3n) is 2.75. The van der Waals surface area contributed by atoms with Crippen LogP contribution in [-0.2, 0) is 13.2 Å². The van der Waals surface area contributed by atoms with Crippen LogP contribution in [0.15, 0.2) is 29.0 Å². The molecular weight excluding hydrogens is 308 g/mol. The van der Waals surface area contributed by atoms with Gasteiger partial charge in [-0.3, -0.25) is 0 Å². The van der Waals surface area contributed by atoms with Crippen molar-refractivity contribution in [1.29, 1.82) is 0 Å². The molecule has 0 aliphatic carbocycles. The SMILES string of the molecule is CC(C)n1ncnc1COc1c(Br)cccc1CN. The molecule has 2 rings (SSSR count). The lowest BCUT2D eigenvalue weighted by Crippen LogP contribution is -2.11. The molecule has 0 atom stereocenters. The molecule has 6 heteroatoms. The first-order valence-corrected chi connectivity index (χ1v) is 6.91. The number of halogens is 1. The molecule has 2 N–H and O–H groups in total. The van der Waals surface area contributed by atoms with Gasteiger partial charge >= 0.3 is 0 Å². The molecular formula is C13H17BrN4O.